The highest BCUT2D eigenvalue weighted by molar-refractivity contribution is 7.84. The average Bonchev–Trinajstić information content (AvgIpc) is 2.33. The van der Waals surface area contributed by atoms with Crippen LogP contribution in [0.25, 0.3) is 0 Å². The zero-order chi connectivity index (χ0) is 14.7. The quantitative estimate of drug-likeness (QED) is 0.595. The second-order valence-corrected chi connectivity index (χ2v) is 6.01. The molecular formula is C14H25NO3S. The van der Waals surface area contributed by atoms with Crippen LogP contribution in [0.4, 0.5) is 0 Å². The zero-order valence-electron chi connectivity index (χ0n) is 12.1. The van der Waals surface area contributed by atoms with E-state index >= 15 is 0 Å². The molecule has 1 aromatic heterocycles. The van der Waals surface area contributed by atoms with Crippen molar-refractivity contribution in [2.45, 2.75) is 52.5 Å². The summed E-state index contributed by atoms with van der Waals surface area (Å²) in [7, 11) is -3.92. The number of pyridine rings is 1. The maximum atomic E-state index is 9.08. The minimum atomic E-state index is -3.92. The van der Waals surface area contributed by atoms with Crippen LogP contribution in [0.3, 0.4) is 0 Å². The fourth-order valence-corrected chi connectivity index (χ4v) is 1.53. The summed E-state index contributed by atoms with van der Waals surface area (Å²) in [6.45, 7) is 5.63. The summed E-state index contributed by atoms with van der Waals surface area (Å²) in [5.41, 5.74) is 1.47. The van der Waals surface area contributed by atoms with Gasteiger partial charge in [-0.25, -0.2) is 13.0 Å². The second kappa shape index (κ2) is 9.92. The van der Waals surface area contributed by atoms with E-state index in [4.69, 9.17) is 13.0 Å². The summed E-state index contributed by atoms with van der Waals surface area (Å²) < 4.78 is 29.5. The van der Waals surface area contributed by atoms with E-state index < -0.39 is 10.1 Å². The van der Waals surface area contributed by atoms with Crippen LogP contribution in [0, 0.1) is 0 Å². The Kier molecular flexibility index (Phi) is 9.43. The van der Waals surface area contributed by atoms with E-state index in [2.05, 4.69) is 42.9 Å². The maximum absolute atomic E-state index is 9.08. The first-order chi connectivity index (χ1) is 8.86. The van der Waals surface area contributed by atoms with Crippen molar-refractivity contribution in [2.24, 2.45) is 0 Å². The molecule has 5 heteroatoms. The van der Waals surface area contributed by atoms with E-state index in [1.807, 2.05) is 0 Å². The summed E-state index contributed by atoms with van der Waals surface area (Å²) in [4.78, 5) is 0. The first-order valence-corrected chi connectivity index (χ1v) is 8.57. The van der Waals surface area contributed by atoms with E-state index in [9.17, 15) is 0 Å². The van der Waals surface area contributed by atoms with E-state index in [1.165, 1.54) is 37.7 Å². The Balaban J connectivity index is 0.000000555. The number of nitrogens with zero attached hydrogens (tertiary/aromatic N) is 1. The molecule has 19 heavy (non-hydrogen) atoms. The Bertz CT molecular complexity index is 392. The highest BCUT2D eigenvalue weighted by atomic mass is 32.2. The van der Waals surface area contributed by atoms with Crippen molar-refractivity contribution < 1.29 is 17.5 Å². The normalized spacial score (nSPS) is 10.7. The first-order valence-electron chi connectivity index (χ1n) is 6.75. The molecule has 0 amide bonds. The van der Waals surface area contributed by atoms with Gasteiger partial charge in [0.25, 0.3) is 0 Å². The number of rotatable bonds is 6. The molecule has 4 nitrogen and oxygen atoms in total. The maximum Gasteiger partial charge on any atom is 0.169 e. The van der Waals surface area contributed by atoms with Crippen molar-refractivity contribution in [3.8, 4) is 0 Å². The predicted molar refractivity (Wildman–Crippen MR) is 75.8 cm³/mol. The number of aromatic nitrogens is 1. The van der Waals surface area contributed by atoms with Crippen LogP contribution in [0.2, 0.25) is 0 Å². The molecule has 0 aliphatic carbocycles. The molecule has 0 aliphatic heterocycles. The molecule has 0 aromatic carbocycles. The first kappa shape index (κ1) is 18.1. The van der Waals surface area contributed by atoms with Crippen molar-refractivity contribution in [1.82, 2.24) is 0 Å². The van der Waals surface area contributed by atoms with Gasteiger partial charge in [-0.3, -0.25) is 0 Å². The van der Waals surface area contributed by atoms with Crippen molar-refractivity contribution >= 4 is 10.1 Å². The van der Waals surface area contributed by atoms with Crippen LogP contribution in [-0.4, -0.2) is 19.2 Å². The molecule has 0 bridgehead atoms. The zero-order valence-corrected chi connectivity index (χ0v) is 12.9. The lowest BCUT2D eigenvalue weighted by molar-refractivity contribution is -0.697. The molecule has 0 spiro atoms. The van der Waals surface area contributed by atoms with Crippen LogP contribution < -0.4 is 4.57 Å². The highest BCUT2D eigenvalue weighted by Crippen LogP contribution is 2.02. The van der Waals surface area contributed by atoms with E-state index in [1.54, 1.807) is 0 Å². The molecule has 0 atom stereocenters. The lowest BCUT2D eigenvalue weighted by Gasteiger charge is -1.99. The van der Waals surface area contributed by atoms with Crippen molar-refractivity contribution in [3.05, 3.63) is 30.1 Å². The van der Waals surface area contributed by atoms with Crippen LogP contribution in [0.5, 0.6) is 0 Å². The second-order valence-electron chi connectivity index (χ2n) is 4.61. The smallest absolute Gasteiger partial charge is 0.169 e. The minimum absolute atomic E-state index is 0.604. The molecule has 0 saturated carbocycles. The van der Waals surface area contributed by atoms with Crippen LogP contribution in [0.1, 0.15) is 45.1 Å². The van der Waals surface area contributed by atoms with Gasteiger partial charge < -0.3 is 4.55 Å². The Morgan fingerprint density at radius 1 is 1.11 bits per heavy atom. The van der Waals surface area contributed by atoms with Crippen LogP contribution in [0.15, 0.2) is 24.5 Å². The van der Waals surface area contributed by atoms with Gasteiger partial charge in [0.2, 0.25) is 0 Å². The predicted octanol–water partition coefficient (Wildman–Crippen LogP) is 2.28. The summed E-state index contributed by atoms with van der Waals surface area (Å²) in [6.07, 6.45) is 11.4. The minimum Gasteiger partial charge on any atom is -0.748 e. The van der Waals surface area contributed by atoms with Gasteiger partial charge in [-0.05, 0) is 18.4 Å². The van der Waals surface area contributed by atoms with Crippen LogP contribution >= 0.6 is 0 Å². The third kappa shape index (κ3) is 13.3. The van der Waals surface area contributed by atoms with Gasteiger partial charge in [0.1, 0.15) is 6.54 Å². The fraction of sp³-hybridized carbons (Fsp3) is 0.643. The van der Waals surface area contributed by atoms with Crippen molar-refractivity contribution in [2.75, 3.05) is 6.26 Å². The highest BCUT2D eigenvalue weighted by Gasteiger charge is 1.99. The lowest BCUT2D eigenvalue weighted by atomic mass is 10.1. The molecule has 110 valence electrons. The molecule has 0 saturated heterocycles. The van der Waals surface area contributed by atoms with Gasteiger partial charge >= 0.3 is 0 Å². The van der Waals surface area contributed by atoms with Gasteiger partial charge in [0.15, 0.2) is 12.4 Å². The van der Waals surface area contributed by atoms with E-state index in [0.717, 1.165) is 6.54 Å². The summed E-state index contributed by atoms with van der Waals surface area (Å²) in [6, 6.07) is 4.51. The molecule has 0 aliphatic rings. The molecule has 1 rings (SSSR count). The van der Waals surface area contributed by atoms with Gasteiger partial charge in [-0.2, -0.15) is 0 Å². The monoisotopic (exact) mass is 287 g/mol. The largest absolute Gasteiger partial charge is 0.748 e. The molecule has 0 radical (unpaired) electrons. The molecule has 1 aromatic rings. The van der Waals surface area contributed by atoms with Crippen molar-refractivity contribution in [3.63, 3.8) is 0 Å². The third-order valence-electron chi connectivity index (χ3n) is 2.55. The van der Waals surface area contributed by atoms with Gasteiger partial charge in [-0.1, -0.05) is 26.7 Å². The lowest BCUT2D eigenvalue weighted by Crippen LogP contribution is -2.32. The Labute approximate surface area is 117 Å². The average molecular weight is 287 g/mol. The van der Waals surface area contributed by atoms with E-state index in [0.29, 0.717) is 6.26 Å². The summed E-state index contributed by atoms with van der Waals surface area (Å²) >= 11 is 0. The number of aryl methyl sites for hydroxylation is 2. The number of unbranched alkanes of at least 4 members (excludes halogenated alkanes) is 2. The molecule has 1 heterocycles. The Morgan fingerprint density at radius 2 is 1.58 bits per heavy atom. The number of hydrogen-bond acceptors (Lipinski definition) is 3. The molecule has 0 fully saturated rings. The summed E-state index contributed by atoms with van der Waals surface area (Å²) in [5, 5.41) is 0. The fourth-order valence-electron chi connectivity index (χ4n) is 1.53. The number of hydrogen-bond donors (Lipinski definition) is 0. The molecule has 0 N–H and O–H groups in total. The molecular weight excluding hydrogens is 262 g/mol. The third-order valence-corrected chi connectivity index (χ3v) is 2.55. The Morgan fingerprint density at radius 3 is 2.00 bits per heavy atom. The standard InChI is InChI=1S/C13H22N.CH4O3S/c1-3-5-7-13-8-11-14(12-9-13)10-6-4-2;1-5(2,3)4/h8-9,11-12H,3-7,10H2,1-2H3;1H3,(H,2,3,4)/q+1;/p-1. The topological polar surface area (TPSA) is 61.1 Å². The van der Waals surface area contributed by atoms with Gasteiger partial charge in [-0.15, -0.1) is 0 Å². The van der Waals surface area contributed by atoms with Crippen LogP contribution in [-0.2, 0) is 23.1 Å². The Hall–Kier alpha value is -0.940. The van der Waals surface area contributed by atoms with E-state index in [-0.39, 0.29) is 0 Å². The SMILES string of the molecule is CCCCc1cc[n+](CCCC)cc1.CS(=O)(=O)[O-]. The van der Waals surface area contributed by atoms with Crippen molar-refractivity contribution in [1.29, 1.82) is 0 Å². The van der Waals surface area contributed by atoms with Gasteiger partial charge in [0.05, 0.1) is 10.1 Å². The molecule has 0 unspecified atom stereocenters. The van der Waals surface area contributed by atoms with Gasteiger partial charge in [0, 0.05) is 24.8 Å². The summed E-state index contributed by atoms with van der Waals surface area (Å²) in [5.74, 6) is 0.